The SMILES string of the molecule is CC(=O)CNC(=O)[C@@H](C)C[C@@H](C)[C@H]1CCC2C3C(=O)CC4CC(=O)CC[C@]4(C)C3CC[C@@]21C. The molecule has 1 amide bonds. The van der Waals surface area contributed by atoms with Crippen molar-refractivity contribution in [3.05, 3.63) is 0 Å². The van der Waals surface area contributed by atoms with Crippen LogP contribution in [0, 0.1) is 52.3 Å². The minimum Gasteiger partial charge on any atom is -0.349 e. The highest BCUT2D eigenvalue weighted by Gasteiger charge is 2.63. The highest BCUT2D eigenvalue weighted by atomic mass is 16.2. The van der Waals surface area contributed by atoms with E-state index >= 15 is 0 Å². The largest absolute Gasteiger partial charge is 0.349 e. The van der Waals surface area contributed by atoms with Crippen LogP contribution < -0.4 is 5.32 Å². The van der Waals surface area contributed by atoms with Gasteiger partial charge in [0.1, 0.15) is 17.3 Å². The minimum atomic E-state index is -0.117. The number of ketones is 3. The normalized spacial score (nSPS) is 42.0. The molecule has 0 saturated heterocycles. The molecular formula is C28H43NO4. The molecule has 4 aliphatic carbocycles. The molecule has 184 valence electrons. The summed E-state index contributed by atoms with van der Waals surface area (Å²) in [5.74, 6) is 2.81. The second-order valence-corrected chi connectivity index (χ2v) is 12.6. The molecule has 0 aromatic rings. The Morgan fingerprint density at radius 2 is 1.70 bits per heavy atom. The fraction of sp³-hybridized carbons (Fsp3) is 0.857. The van der Waals surface area contributed by atoms with Gasteiger partial charge in [0.15, 0.2) is 0 Å². The fourth-order valence-electron chi connectivity index (χ4n) is 8.91. The van der Waals surface area contributed by atoms with E-state index in [0.717, 1.165) is 38.5 Å². The van der Waals surface area contributed by atoms with Crippen molar-refractivity contribution < 1.29 is 19.2 Å². The highest BCUT2D eigenvalue weighted by Crippen LogP contribution is 2.67. The van der Waals surface area contributed by atoms with Crippen LogP contribution >= 0.6 is 0 Å². The number of Topliss-reactive ketones (excluding diaryl/α,β-unsaturated/α-hetero) is 3. The van der Waals surface area contributed by atoms with Gasteiger partial charge in [0, 0.05) is 31.1 Å². The van der Waals surface area contributed by atoms with Crippen LogP contribution in [0.3, 0.4) is 0 Å². The number of hydrogen-bond acceptors (Lipinski definition) is 4. The van der Waals surface area contributed by atoms with Gasteiger partial charge in [-0.2, -0.15) is 0 Å². The Kier molecular flexibility index (Phi) is 6.65. The topological polar surface area (TPSA) is 80.3 Å². The number of nitrogens with one attached hydrogen (secondary N) is 1. The van der Waals surface area contributed by atoms with Crippen LogP contribution in [0.1, 0.15) is 92.4 Å². The van der Waals surface area contributed by atoms with Crippen LogP contribution in [0.25, 0.3) is 0 Å². The predicted molar refractivity (Wildman–Crippen MR) is 127 cm³/mol. The van der Waals surface area contributed by atoms with Crippen LogP contribution in [0.15, 0.2) is 0 Å². The molecule has 5 heteroatoms. The van der Waals surface area contributed by atoms with E-state index in [1.54, 1.807) is 0 Å². The number of carbonyl (C=O) groups excluding carboxylic acids is 4. The summed E-state index contributed by atoms with van der Waals surface area (Å²) in [5.41, 5.74) is 0.292. The molecule has 4 saturated carbocycles. The predicted octanol–water partition coefficient (Wildman–Crippen LogP) is 4.76. The first-order valence-corrected chi connectivity index (χ1v) is 13.3. The Morgan fingerprint density at radius 1 is 1.00 bits per heavy atom. The third-order valence-electron chi connectivity index (χ3n) is 10.7. The Morgan fingerprint density at radius 3 is 2.39 bits per heavy atom. The van der Waals surface area contributed by atoms with Crippen molar-refractivity contribution >= 4 is 23.3 Å². The molecule has 4 aliphatic rings. The maximum atomic E-state index is 13.5. The summed E-state index contributed by atoms with van der Waals surface area (Å²) in [6, 6.07) is 0. The molecule has 0 heterocycles. The number of rotatable bonds is 6. The average Bonchev–Trinajstić information content (AvgIpc) is 3.10. The standard InChI is InChI=1S/C28H43NO4/c1-16(12-17(2)26(33)29-15-18(3)30)21-6-7-22-25-23(9-11-28(21,22)5)27(4)10-8-20(31)13-19(27)14-24(25)32/h16-17,19,21-23,25H,6-15H2,1-5H3,(H,29,33)/t16-,17+,19?,21-,22?,23?,25?,27+,28-/m1/s1. The first kappa shape index (κ1) is 24.6. The lowest BCUT2D eigenvalue weighted by Crippen LogP contribution is -2.57. The molecule has 9 atom stereocenters. The van der Waals surface area contributed by atoms with Crippen LogP contribution in [0.4, 0.5) is 0 Å². The number of fused-ring (bicyclic) bond motifs is 5. The smallest absolute Gasteiger partial charge is 0.223 e. The summed E-state index contributed by atoms with van der Waals surface area (Å²) < 4.78 is 0. The van der Waals surface area contributed by atoms with E-state index in [9.17, 15) is 19.2 Å². The Labute approximate surface area is 199 Å². The summed E-state index contributed by atoms with van der Waals surface area (Å²) in [6.45, 7) is 10.7. The molecule has 0 spiro atoms. The van der Waals surface area contributed by atoms with Crippen LogP contribution in [-0.4, -0.2) is 29.8 Å². The van der Waals surface area contributed by atoms with E-state index in [4.69, 9.17) is 0 Å². The lowest BCUT2D eigenvalue weighted by atomic mass is 9.44. The maximum absolute atomic E-state index is 13.5. The summed E-state index contributed by atoms with van der Waals surface area (Å²) in [7, 11) is 0. The Balaban J connectivity index is 1.47. The van der Waals surface area contributed by atoms with Gasteiger partial charge in [-0.05, 0) is 85.9 Å². The van der Waals surface area contributed by atoms with Crippen molar-refractivity contribution in [3.8, 4) is 0 Å². The molecule has 0 aliphatic heterocycles. The molecule has 5 nitrogen and oxygen atoms in total. The lowest BCUT2D eigenvalue weighted by molar-refractivity contribution is -0.159. The van der Waals surface area contributed by atoms with Crippen molar-refractivity contribution in [3.63, 3.8) is 0 Å². The van der Waals surface area contributed by atoms with Crippen LogP contribution in [0.2, 0.25) is 0 Å². The van der Waals surface area contributed by atoms with Crippen molar-refractivity contribution in [2.24, 2.45) is 52.3 Å². The van der Waals surface area contributed by atoms with Gasteiger partial charge in [0.2, 0.25) is 5.91 Å². The van der Waals surface area contributed by atoms with Crippen molar-refractivity contribution in [2.45, 2.75) is 92.4 Å². The van der Waals surface area contributed by atoms with Gasteiger partial charge < -0.3 is 5.32 Å². The molecule has 1 N–H and O–H groups in total. The highest BCUT2D eigenvalue weighted by molar-refractivity contribution is 5.86. The first-order valence-electron chi connectivity index (χ1n) is 13.3. The van der Waals surface area contributed by atoms with E-state index in [1.165, 1.54) is 6.92 Å². The van der Waals surface area contributed by atoms with Gasteiger partial charge in [0.25, 0.3) is 0 Å². The molecule has 4 unspecified atom stereocenters. The van der Waals surface area contributed by atoms with E-state index < -0.39 is 0 Å². The van der Waals surface area contributed by atoms with E-state index in [0.29, 0.717) is 54.5 Å². The van der Waals surface area contributed by atoms with Gasteiger partial charge in [-0.1, -0.05) is 27.7 Å². The first-order chi connectivity index (χ1) is 15.5. The zero-order valence-electron chi connectivity index (χ0n) is 21.2. The molecular weight excluding hydrogens is 414 g/mol. The lowest BCUT2D eigenvalue weighted by Gasteiger charge is -2.59. The van der Waals surface area contributed by atoms with E-state index in [1.807, 2.05) is 6.92 Å². The van der Waals surface area contributed by atoms with Gasteiger partial charge in [-0.3, -0.25) is 19.2 Å². The fourth-order valence-corrected chi connectivity index (χ4v) is 8.91. The number of amides is 1. The summed E-state index contributed by atoms with van der Waals surface area (Å²) in [5, 5.41) is 2.76. The molecule has 4 rings (SSSR count). The third-order valence-corrected chi connectivity index (χ3v) is 10.7. The third kappa shape index (κ3) is 4.23. The summed E-state index contributed by atoms with van der Waals surface area (Å²) in [6.07, 6.45) is 8.19. The minimum absolute atomic E-state index is 0.0260. The summed E-state index contributed by atoms with van der Waals surface area (Å²) >= 11 is 0. The maximum Gasteiger partial charge on any atom is 0.223 e. The van der Waals surface area contributed by atoms with Gasteiger partial charge >= 0.3 is 0 Å². The van der Waals surface area contributed by atoms with E-state index in [2.05, 4.69) is 26.1 Å². The second kappa shape index (κ2) is 8.92. The van der Waals surface area contributed by atoms with Gasteiger partial charge in [-0.25, -0.2) is 0 Å². The van der Waals surface area contributed by atoms with Crippen LogP contribution in [0.5, 0.6) is 0 Å². The Hall–Kier alpha value is -1.52. The number of hydrogen-bond donors (Lipinski definition) is 1. The van der Waals surface area contributed by atoms with Gasteiger partial charge in [-0.15, -0.1) is 0 Å². The zero-order valence-corrected chi connectivity index (χ0v) is 21.2. The zero-order chi connectivity index (χ0) is 24.1. The van der Waals surface area contributed by atoms with Crippen molar-refractivity contribution in [2.75, 3.05) is 6.54 Å². The quantitative estimate of drug-likeness (QED) is 0.623. The average molecular weight is 458 g/mol. The summed E-state index contributed by atoms with van der Waals surface area (Å²) in [4.78, 5) is 49.3. The van der Waals surface area contributed by atoms with Gasteiger partial charge in [0.05, 0.1) is 6.54 Å². The second-order valence-electron chi connectivity index (χ2n) is 12.6. The number of carbonyl (C=O) groups is 4. The van der Waals surface area contributed by atoms with Crippen molar-refractivity contribution in [1.29, 1.82) is 0 Å². The molecule has 4 fully saturated rings. The molecule has 0 aromatic carbocycles. The molecule has 33 heavy (non-hydrogen) atoms. The monoisotopic (exact) mass is 457 g/mol. The van der Waals surface area contributed by atoms with Crippen molar-refractivity contribution in [1.82, 2.24) is 5.32 Å². The molecule has 0 aromatic heterocycles. The molecule has 0 bridgehead atoms. The molecule has 0 radical (unpaired) electrons. The van der Waals surface area contributed by atoms with E-state index in [-0.39, 0.29) is 46.8 Å². The Bertz CT molecular complexity index is 836. The van der Waals surface area contributed by atoms with Crippen LogP contribution in [-0.2, 0) is 19.2 Å².